The van der Waals surface area contributed by atoms with E-state index in [9.17, 15) is 0 Å². The number of hydrogen-bond acceptors (Lipinski definition) is 3. The monoisotopic (exact) mass is 165 g/mol. The third-order valence-electron chi connectivity index (χ3n) is 1.33. The van der Waals surface area contributed by atoms with Crippen LogP contribution in [0, 0.1) is 0 Å². The number of benzene rings is 1. The van der Waals surface area contributed by atoms with Gasteiger partial charge in [-0.05, 0) is 23.7 Å². The van der Waals surface area contributed by atoms with E-state index in [4.69, 9.17) is 11.6 Å². The lowest BCUT2D eigenvalue weighted by molar-refractivity contribution is 1.02. The average molecular weight is 166 g/mol. The summed E-state index contributed by atoms with van der Waals surface area (Å²) in [7, 11) is 0. The predicted octanol–water partition coefficient (Wildman–Crippen LogP) is 1.68. The van der Waals surface area contributed by atoms with Crippen LogP contribution in [0.15, 0.2) is 24.3 Å². The van der Waals surface area contributed by atoms with Gasteiger partial charge in [0.05, 0.1) is 5.52 Å². The van der Waals surface area contributed by atoms with Gasteiger partial charge < -0.3 is 0 Å². The molecule has 0 atom stereocenters. The molecule has 2 rings (SSSR count). The molecule has 0 unspecified atom stereocenters. The predicted molar refractivity (Wildman–Crippen MR) is 42.3 cm³/mol. The molecule has 2 aromatic rings. The van der Waals surface area contributed by atoms with Gasteiger partial charge in [0, 0.05) is 0 Å². The van der Waals surface area contributed by atoms with E-state index in [0.29, 0.717) is 0 Å². The maximum Gasteiger partial charge on any atom is 0.243 e. The smallest absolute Gasteiger partial charge is 0.215 e. The fraction of sp³-hybridized carbons (Fsp3) is 0. The van der Waals surface area contributed by atoms with Crippen LogP contribution in [0.25, 0.3) is 11.0 Å². The van der Waals surface area contributed by atoms with Crippen molar-refractivity contribution in [3.8, 4) is 0 Å². The standard InChI is InChI=1S/C7H4ClN3/c8-7-9-5-3-1-2-4-6(5)10-11-7/h1-4H. The Morgan fingerprint density at radius 2 is 1.73 bits per heavy atom. The van der Waals surface area contributed by atoms with Crippen LogP contribution in [0.4, 0.5) is 0 Å². The molecule has 54 valence electrons. The molecule has 0 fully saturated rings. The fourth-order valence-corrected chi connectivity index (χ4v) is 0.989. The summed E-state index contributed by atoms with van der Waals surface area (Å²) in [6.07, 6.45) is 0. The summed E-state index contributed by atoms with van der Waals surface area (Å²) < 4.78 is 0. The van der Waals surface area contributed by atoms with Crippen molar-refractivity contribution in [2.45, 2.75) is 0 Å². The van der Waals surface area contributed by atoms with Gasteiger partial charge >= 0.3 is 0 Å². The number of nitrogens with zero attached hydrogens (tertiary/aromatic N) is 3. The van der Waals surface area contributed by atoms with Gasteiger partial charge in [-0.2, -0.15) is 0 Å². The molecule has 0 aliphatic heterocycles. The van der Waals surface area contributed by atoms with Gasteiger partial charge in [0.15, 0.2) is 0 Å². The Bertz CT molecular complexity index is 388. The van der Waals surface area contributed by atoms with Gasteiger partial charge in [0.1, 0.15) is 5.52 Å². The van der Waals surface area contributed by atoms with E-state index < -0.39 is 0 Å². The number of hydrogen-bond donors (Lipinski definition) is 0. The second kappa shape index (κ2) is 2.43. The second-order valence-corrected chi connectivity index (χ2v) is 2.41. The highest BCUT2D eigenvalue weighted by Crippen LogP contribution is 2.08. The first-order valence-corrected chi connectivity index (χ1v) is 3.49. The van der Waals surface area contributed by atoms with Gasteiger partial charge in [-0.25, -0.2) is 4.98 Å². The maximum atomic E-state index is 5.53. The molecule has 0 bridgehead atoms. The van der Waals surface area contributed by atoms with Crippen molar-refractivity contribution in [1.82, 2.24) is 15.2 Å². The number of aromatic nitrogens is 3. The van der Waals surface area contributed by atoms with Crippen molar-refractivity contribution in [2.24, 2.45) is 0 Å². The minimum absolute atomic E-state index is 0.184. The average Bonchev–Trinajstić information content (AvgIpc) is 2.04. The van der Waals surface area contributed by atoms with Crippen LogP contribution in [0.3, 0.4) is 0 Å². The molecule has 0 saturated carbocycles. The summed E-state index contributed by atoms with van der Waals surface area (Å²) in [4.78, 5) is 3.97. The minimum Gasteiger partial charge on any atom is -0.215 e. The molecule has 0 N–H and O–H groups in total. The van der Waals surface area contributed by atoms with Crippen molar-refractivity contribution in [3.63, 3.8) is 0 Å². The molecule has 0 aliphatic carbocycles. The highest BCUT2D eigenvalue weighted by atomic mass is 35.5. The lowest BCUT2D eigenvalue weighted by Gasteiger charge is -1.92. The summed E-state index contributed by atoms with van der Waals surface area (Å²) in [6.45, 7) is 0. The fourth-order valence-electron chi connectivity index (χ4n) is 0.860. The molecule has 11 heavy (non-hydrogen) atoms. The first-order chi connectivity index (χ1) is 5.36. The van der Waals surface area contributed by atoms with Crippen LogP contribution >= 0.6 is 11.6 Å². The van der Waals surface area contributed by atoms with E-state index in [1.54, 1.807) is 0 Å². The van der Waals surface area contributed by atoms with Gasteiger partial charge in [0.2, 0.25) is 5.28 Å². The first-order valence-electron chi connectivity index (χ1n) is 3.11. The molecular weight excluding hydrogens is 162 g/mol. The number of rotatable bonds is 0. The Kier molecular flexibility index (Phi) is 1.43. The van der Waals surface area contributed by atoms with E-state index in [1.807, 2.05) is 24.3 Å². The Morgan fingerprint density at radius 1 is 1.00 bits per heavy atom. The van der Waals surface area contributed by atoms with Gasteiger partial charge in [-0.1, -0.05) is 12.1 Å². The zero-order chi connectivity index (χ0) is 7.68. The summed E-state index contributed by atoms with van der Waals surface area (Å²) in [6, 6.07) is 7.45. The molecule has 0 amide bonds. The molecule has 0 spiro atoms. The highest BCUT2D eigenvalue weighted by Gasteiger charge is 1.95. The van der Waals surface area contributed by atoms with Crippen LogP contribution in [0.2, 0.25) is 5.28 Å². The SMILES string of the molecule is Clc1nnc2ccccc2n1. The van der Waals surface area contributed by atoms with E-state index >= 15 is 0 Å². The molecule has 0 saturated heterocycles. The minimum atomic E-state index is 0.184. The van der Waals surface area contributed by atoms with Crippen molar-refractivity contribution in [2.75, 3.05) is 0 Å². The number of fused-ring (bicyclic) bond motifs is 1. The normalized spacial score (nSPS) is 10.3. The van der Waals surface area contributed by atoms with Gasteiger partial charge in [-0.15, -0.1) is 10.2 Å². The van der Waals surface area contributed by atoms with E-state index in [-0.39, 0.29) is 5.28 Å². The molecule has 0 radical (unpaired) electrons. The lowest BCUT2D eigenvalue weighted by atomic mass is 10.3. The van der Waals surface area contributed by atoms with Crippen molar-refractivity contribution in [1.29, 1.82) is 0 Å². The van der Waals surface area contributed by atoms with Crippen LogP contribution in [-0.2, 0) is 0 Å². The second-order valence-electron chi connectivity index (χ2n) is 2.07. The summed E-state index contributed by atoms with van der Waals surface area (Å²) in [5.74, 6) is 0. The quantitative estimate of drug-likeness (QED) is 0.596. The van der Waals surface area contributed by atoms with Crippen molar-refractivity contribution in [3.05, 3.63) is 29.5 Å². The van der Waals surface area contributed by atoms with E-state index in [1.165, 1.54) is 0 Å². The number of para-hydroxylation sites is 1. The molecule has 3 nitrogen and oxygen atoms in total. The van der Waals surface area contributed by atoms with Crippen molar-refractivity contribution < 1.29 is 0 Å². The molecule has 1 heterocycles. The Morgan fingerprint density at radius 3 is 2.55 bits per heavy atom. The van der Waals surface area contributed by atoms with Crippen LogP contribution in [0.1, 0.15) is 0 Å². The van der Waals surface area contributed by atoms with E-state index in [0.717, 1.165) is 11.0 Å². The molecule has 1 aromatic carbocycles. The zero-order valence-electron chi connectivity index (χ0n) is 5.53. The topological polar surface area (TPSA) is 38.7 Å². The Hall–Kier alpha value is -1.22. The van der Waals surface area contributed by atoms with Crippen molar-refractivity contribution >= 4 is 22.6 Å². The Balaban J connectivity index is 2.83. The molecule has 1 aromatic heterocycles. The summed E-state index contributed by atoms with van der Waals surface area (Å²) >= 11 is 5.53. The zero-order valence-corrected chi connectivity index (χ0v) is 6.28. The van der Waals surface area contributed by atoms with Gasteiger partial charge in [-0.3, -0.25) is 0 Å². The first kappa shape index (κ1) is 6.49. The van der Waals surface area contributed by atoms with Crippen LogP contribution in [0.5, 0.6) is 0 Å². The van der Waals surface area contributed by atoms with E-state index in [2.05, 4.69) is 15.2 Å². The third kappa shape index (κ3) is 1.14. The largest absolute Gasteiger partial charge is 0.243 e. The summed E-state index contributed by atoms with van der Waals surface area (Å²) in [5.41, 5.74) is 1.53. The van der Waals surface area contributed by atoms with Gasteiger partial charge in [0.25, 0.3) is 0 Å². The highest BCUT2D eigenvalue weighted by molar-refractivity contribution is 6.28. The Labute approximate surface area is 68.0 Å². The molecule has 4 heteroatoms. The van der Waals surface area contributed by atoms with Crippen LogP contribution in [-0.4, -0.2) is 15.2 Å². The number of halogens is 1. The molecular formula is C7H4ClN3. The lowest BCUT2D eigenvalue weighted by Crippen LogP contribution is -1.87. The third-order valence-corrected chi connectivity index (χ3v) is 1.49. The van der Waals surface area contributed by atoms with Crippen LogP contribution < -0.4 is 0 Å². The molecule has 0 aliphatic rings. The maximum absolute atomic E-state index is 5.53. The summed E-state index contributed by atoms with van der Waals surface area (Å²) in [5, 5.41) is 7.63.